The van der Waals surface area contributed by atoms with Crippen molar-refractivity contribution >= 4 is 27.7 Å². The number of piperazine rings is 1. The van der Waals surface area contributed by atoms with Crippen LogP contribution in [0.5, 0.6) is 0 Å². The predicted molar refractivity (Wildman–Crippen MR) is 139 cm³/mol. The van der Waals surface area contributed by atoms with Crippen molar-refractivity contribution in [3.63, 3.8) is 0 Å². The zero-order valence-corrected chi connectivity index (χ0v) is 23.5. The first-order valence-electron chi connectivity index (χ1n) is 13.0. The third-order valence-corrected chi connectivity index (χ3v) is 9.22. The minimum atomic E-state index is -3.98. The summed E-state index contributed by atoms with van der Waals surface area (Å²) in [4.78, 5) is 30.9. The van der Waals surface area contributed by atoms with E-state index in [2.05, 4.69) is 0 Å². The van der Waals surface area contributed by atoms with E-state index in [4.69, 9.17) is 4.74 Å². The average Bonchev–Trinajstić information content (AvgIpc) is 3.39. The van der Waals surface area contributed by atoms with Gasteiger partial charge in [-0.2, -0.15) is 4.31 Å². The maximum absolute atomic E-state index is 15.1. The summed E-state index contributed by atoms with van der Waals surface area (Å²) in [5.74, 6) is -0.957. The van der Waals surface area contributed by atoms with Gasteiger partial charge in [0.05, 0.1) is 6.54 Å². The number of halogens is 1. The van der Waals surface area contributed by atoms with Gasteiger partial charge in [-0.3, -0.25) is 9.69 Å². The molecule has 37 heavy (non-hydrogen) atoms. The molecular weight excluding hydrogens is 499 g/mol. The van der Waals surface area contributed by atoms with Crippen LogP contribution in [0, 0.1) is 5.82 Å². The number of carbonyl (C=O) groups is 2. The van der Waals surface area contributed by atoms with Gasteiger partial charge in [0, 0.05) is 56.4 Å². The molecule has 0 bridgehead atoms. The number of carbonyl (C=O) groups excluding carboxylic acids is 2. The van der Waals surface area contributed by atoms with Crippen LogP contribution in [0.4, 0.5) is 14.9 Å². The molecule has 1 aromatic carbocycles. The molecule has 0 spiro atoms. The minimum Gasteiger partial charge on any atom is -0.444 e. The van der Waals surface area contributed by atoms with Crippen LogP contribution in [0.15, 0.2) is 17.0 Å². The van der Waals surface area contributed by atoms with Crippen LogP contribution in [0.3, 0.4) is 0 Å². The first-order valence-corrected chi connectivity index (χ1v) is 14.4. The quantitative estimate of drug-likeness (QED) is 0.585. The van der Waals surface area contributed by atoms with Crippen LogP contribution in [0.2, 0.25) is 0 Å². The molecule has 2 fully saturated rings. The number of sulfonamides is 1. The smallest absolute Gasteiger partial charge is 0.410 e. The molecule has 2 saturated heterocycles. The molecule has 1 atom stereocenters. The Balaban J connectivity index is 1.51. The molecule has 0 radical (unpaired) electrons. The molecule has 11 heteroatoms. The van der Waals surface area contributed by atoms with Crippen LogP contribution >= 0.6 is 0 Å². The second-order valence-corrected chi connectivity index (χ2v) is 13.9. The van der Waals surface area contributed by atoms with E-state index in [0.29, 0.717) is 50.5 Å². The van der Waals surface area contributed by atoms with Crippen molar-refractivity contribution in [2.75, 3.05) is 50.7 Å². The van der Waals surface area contributed by atoms with Crippen molar-refractivity contribution in [2.24, 2.45) is 0 Å². The van der Waals surface area contributed by atoms with Crippen molar-refractivity contribution in [1.29, 1.82) is 0 Å². The van der Waals surface area contributed by atoms with E-state index < -0.39 is 26.9 Å². The summed E-state index contributed by atoms with van der Waals surface area (Å²) in [5.41, 5.74) is -0.0262. The number of nitrogens with zero attached hydrogens (tertiary/aromatic N) is 4. The molecule has 206 valence electrons. The van der Waals surface area contributed by atoms with Crippen LogP contribution < -0.4 is 4.90 Å². The molecule has 1 unspecified atom stereocenters. The van der Waals surface area contributed by atoms with E-state index in [9.17, 15) is 18.0 Å². The summed E-state index contributed by atoms with van der Waals surface area (Å²) in [6.45, 7) is 13.9. The first kappa shape index (κ1) is 27.8. The minimum absolute atomic E-state index is 0.119. The van der Waals surface area contributed by atoms with Gasteiger partial charge in [0.2, 0.25) is 15.9 Å². The third kappa shape index (κ3) is 5.63. The lowest BCUT2D eigenvalue weighted by Gasteiger charge is -2.40. The Morgan fingerprint density at radius 2 is 1.76 bits per heavy atom. The van der Waals surface area contributed by atoms with Gasteiger partial charge in [0.25, 0.3) is 0 Å². The fourth-order valence-electron chi connectivity index (χ4n) is 5.41. The summed E-state index contributed by atoms with van der Waals surface area (Å²) >= 11 is 0. The van der Waals surface area contributed by atoms with Gasteiger partial charge in [-0.15, -0.1) is 0 Å². The van der Waals surface area contributed by atoms with Gasteiger partial charge in [-0.05, 0) is 58.2 Å². The summed E-state index contributed by atoms with van der Waals surface area (Å²) in [6, 6.07) is 2.49. The molecule has 0 aliphatic carbocycles. The highest BCUT2D eigenvalue weighted by Crippen LogP contribution is 2.43. The van der Waals surface area contributed by atoms with Crippen molar-refractivity contribution in [1.82, 2.24) is 14.1 Å². The fourth-order valence-corrected chi connectivity index (χ4v) is 6.99. The summed E-state index contributed by atoms with van der Waals surface area (Å²) in [6.07, 6.45) is 1.14. The van der Waals surface area contributed by atoms with E-state index in [1.165, 1.54) is 16.4 Å². The highest BCUT2D eigenvalue weighted by atomic mass is 32.2. The Hall–Kier alpha value is -2.24. The molecule has 0 saturated carbocycles. The number of rotatable bonds is 4. The topological polar surface area (TPSA) is 90.5 Å². The average molecular weight is 539 g/mol. The lowest BCUT2D eigenvalue weighted by atomic mass is 9.87. The number of benzene rings is 1. The first-order chi connectivity index (χ1) is 17.1. The molecule has 9 nitrogen and oxygen atoms in total. The van der Waals surface area contributed by atoms with E-state index in [-0.39, 0.29) is 29.5 Å². The Bertz CT molecular complexity index is 1170. The van der Waals surface area contributed by atoms with Crippen LogP contribution in [0.25, 0.3) is 0 Å². The molecule has 0 aromatic heterocycles. The normalized spacial score (nSPS) is 22.8. The van der Waals surface area contributed by atoms with Gasteiger partial charge >= 0.3 is 6.09 Å². The Morgan fingerprint density at radius 3 is 2.35 bits per heavy atom. The Labute approximate surface area is 219 Å². The van der Waals surface area contributed by atoms with E-state index in [1.807, 2.05) is 46.4 Å². The zero-order chi connectivity index (χ0) is 27.3. The Kier molecular flexibility index (Phi) is 7.37. The number of hydrogen-bond acceptors (Lipinski definition) is 6. The maximum atomic E-state index is 15.1. The molecule has 3 aliphatic heterocycles. The van der Waals surface area contributed by atoms with Crippen molar-refractivity contribution < 1.29 is 27.1 Å². The largest absolute Gasteiger partial charge is 0.444 e. The third-order valence-electron chi connectivity index (χ3n) is 7.31. The highest BCUT2D eigenvalue weighted by molar-refractivity contribution is 7.89. The second-order valence-electron chi connectivity index (χ2n) is 12.0. The number of hydrogen-bond donors (Lipinski definition) is 0. The van der Waals surface area contributed by atoms with Gasteiger partial charge in [0.15, 0.2) is 0 Å². The second kappa shape index (κ2) is 9.81. The Morgan fingerprint density at radius 1 is 1.11 bits per heavy atom. The fraction of sp³-hybridized carbons (Fsp3) is 0.692. The number of anilines is 1. The highest BCUT2D eigenvalue weighted by Gasteiger charge is 2.42. The number of amides is 2. The summed E-state index contributed by atoms with van der Waals surface area (Å²) < 4.78 is 48.2. The SMILES string of the molecule is CC1CN(CC(=O)N2CC(C)(C)c3cc(F)c(S(=O)(=O)N4CCCC4)cc32)CCN1C(=O)OC(C)(C)C. The molecule has 4 rings (SSSR count). The summed E-state index contributed by atoms with van der Waals surface area (Å²) in [7, 11) is -3.98. The van der Waals surface area contributed by atoms with Crippen molar-refractivity contribution in [3.05, 3.63) is 23.5 Å². The van der Waals surface area contributed by atoms with Crippen molar-refractivity contribution in [2.45, 2.75) is 76.3 Å². The molecular formula is C26H39FN4O5S. The van der Waals surface area contributed by atoms with Gasteiger partial charge < -0.3 is 14.5 Å². The lowest BCUT2D eigenvalue weighted by Crippen LogP contribution is -2.56. The lowest BCUT2D eigenvalue weighted by molar-refractivity contribution is -0.120. The molecule has 1 aromatic rings. The van der Waals surface area contributed by atoms with Crippen LogP contribution in [0.1, 0.15) is 59.9 Å². The van der Waals surface area contributed by atoms with Crippen molar-refractivity contribution in [3.8, 4) is 0 Å². The zero-order valence-electron chi connectivity index (χ0n) is 22.7. The maximum Gasteiger partial charge on any atom is 0.410 e. The van der Waals surface area contributed by atoms with Crippen LogP contribution in [-0.4, -0.2) is 92.0 Å². The molecule has 3 aliphatic rings. The number of fused-ring (bicyclic) bond motifs is 1. The molecule has 2 amide bonds. The molecule has 0 N–H and O–H groups in total. The monoisotopic (exact) mass is 538 g/mol. The summed E-state index contributed by atoms with van der Waals surface area (Å²) in [5, 5.41) is 0. The van der Waals surface area contributed by atoms with E-state index in [1.54, 1.807) is 9.80 Å². The van der Waals surface area contributed by atoms with Gasteiger partial charge in [-0.25, -0.2) is 17.6 Å². The van der Waals surface area contributed by atoms with E-state index >= 15 is 4.39 Å². The van der Waals surface area contributed by atoms with E-state index in [0.717, 1.165) is 12.8 Å². The van der Waals surface area contributed by atoms with Crippen LogP contribution in [-0.2, 0) is 25.0 Å². The van der Waals surface area contributed by atoms with Gasteiger partial charge in [0.1, 0.15) is 16.3 Å². The standard InChI is InChI=1S/C26H39FN4O5S/c1-18-15-28(11-12-30(18)24(33)36-25(2,3)4)16-23(32)31-17-26(5,6)19-13-20(27)22(14-21(19)31)37(34,35)29-9-7-8-10-29/h13-14,18H,7-12,15-17H2,1-6H3. The molecule has 3 heterocycles. The predicted octanol–water partition coefficient (Wildman–Crippen LogP) is 3.18. The van der Waals surface area contributed by atoms with Gasteiger partial charge in [-0.1, -0.05) is 13.8 Å². The number of ether oxygens (including phenoxy) is 1.